The van der Waals surface area contributed by atoms with Gasteiger partial charge in [0.15, 0.2) is 4.34 Å². The highest BCUT2D eigenvalue weighted by molar-refractivity contribution is 8.77. The van der Waals surface area contributed by atoms with Gasteiger partial charge in [-0.15, -0.1) is 11.3 Å². The molecule has 0 unspecified atom stereocenters. The monoisotopic (exact) mass is 283 g/mol. The maximum Gasteiger partial charge on any atom is 0.161 e. The Balaban J connectivity index is 1.75. The van der Waals surface area contributed by atoms with Crippen molar-refractivity contribution in [2.45, 2.75) is 36.9 Å². The minimum absolute atomic E-state index is 1.13. The first-order valence-corrected chi connectivity index (χ1v) is 9.18. The van der Waals surface area contributed by atoms with Crippen LogP contribution in [-0.2, 0) is 0 Å². The van der Waals surface area contributed by atoms with E-state index >= 15 is 0 Å². The molecule has 1 heterocycles. The van der Waals surface area contributed by atoms with Crippen molar-refractivity contribution in [2.24, 2.45) is 0 Å². The molecule has 1 aromatic carbocycles. The van der Waals surface area contributed by atoms with E-state index in [0.29, 0.717) is 0 Å². The van der Waals surface area contributed by atoms with Crippen molar-refractivity contribution in [1.82, 2.24) is 4.98 Å². The molecule has 1 aromatic heterocycles. The quantitative estimate of drug-likeness (QED) is 0.484. The number of unbranched alkanes of at least 4 members (excludes halogenated alkanes) is 3. The van der Waals surface area contributed by atoms with Crippen molar-refractivity contribution >= 4 is 43.1 Å². The molecule has 2 aromatic rings. The van der Waals surface area contributed by atoms with Gasteiger partial charge in [-0.05, 0) is 29.3 Å². The molecule has 0 saturated heterocycles. The van der Waals surface area contributed by atoms with Crippen LogP contribution < -0.4 is 0 Å². The highest BCUT2D eigenvalue weighted by atomic mass is 33.1. The minimum Gasteiger partial charge on any atom is -0.229 e. The Labute approximate surface area is 115 Å². The molecule has 0 radical (unpaired) electrons. The van der Waals surface area contributed by atoms with Crippen LogP contribution in [0.25, 0.3) is 10.2 Å². The number of thiazole rings is 1. The predicted octanol–water partition coefficient (Wildman–Crippen LogP) is 5.62. The van der Waals surface area contributed by atoms with Crippen LogP contribution in [0, 0.1) is 0 Å². The number of fused-ring (bicyclic) bond motifs is 1. The summed E-state index contributed by atoms with van der Waals surface area (Å²) in [7, 11) is 3.76. The standard InChI is InChI=1S/C13H17NS3/c1-2-3-4-7-10-15-17-13-14-11-8-5-6-9-12(11)16-13/h5-6,8-9H,2-4,7,10H2,1H3. The third-order valence-corrected chi connectivity index (χ3v) is 6.27. The number of nitrogens with zero attached hydrogens (tertiary/aromatic N) is 1. The van der Waals surface area contributed by atoms with Crippen LogP contribution in [0.3, 0.4) is 0 Å². The number of hydrogen-bond acceptors (Lipinski definition) is 4. The van der Waals surface area contributed by atoms with E-state index in [1.807, 2.05) is 27.7 Å². The summed E-state index contributed by atoms with van der Waals surface area (Å²) in [6.45, 7) is 2.25. The van der Waals surface area contributed by atoms with Gasteiger partial charge in [-0.25, -0.2) is 4.98 Å². The number of rotatable bonds is 7. The summed E-state index contributed by atoms with van der Waals surface area (Å²) in [5.41, 5.74) is 1.13. The SMILES string of the molecule is CCCCCCSSc1nc2ccccc2s1. The molecular weight excluding hydrogens is 266 g/mol. The number of benzene rings is 1. The Kier molecular flexibility index (Phi) is 5.68. The van der Waals surface area contributed by atoms with E-state index in [1.165, 1.54) is 40.5 Å². The Morgan fingerprint density at radius 1 is 1.18 bits per heavy atom. The molecule has 4 heteroatoms. The third kappa shape index (κ3) is 4.19. The van der Waals surface area contributed by atoms with Crippen molar-refractivity contribution in [3.63, 3.8) is 0 Å². The third-order valence-electron chi connectivity index (χ3n) is 2.49. The van der Waals surface area contributed by atoms with Crippen LogP contribution in [-0.4, -0.2) is 10.7 Å². The minimum atomic E-state index is 1.13. The van der Waals surface area contributed by atoms with Crippen LogP contribution in [0.2, 0.25) is 0 Å². The van der Waals surface area contributed by atoms with E-state index in [1.54, 1.807) is 11.3 Å². The van der Waals surface area contributed by atoms with E-state index in [-0.39, 0.29) is 0 Å². The van der Waals surface area contributed by atoms with Gasteiger partial charge in [0, 0.05) is 5.75 Å². The van der Waals surface area contributed by atoms with Crippen LogP contribution >= 0.6 is 32.9 Å². The molecule has 0 saturated carbocycles. The van der Waals surface area contributed by atoms with Gasteiger partial charge in [-0.1, -0.05) is 49.1 Å². The molecule has 0 aliphatic heterocycles. The Hall–Kier alpha value is -0.190. The topological polar surface area (TPSA) is 12.9 Å². The average Bonchev–Trinajstić information content (AvgIpc) is 2.76. The van der Waals surface area contributed by atoms with Crippen molar-refractivity contribution in [2.75, 3.05) is 5.75 Å². The molecule has 92 valence electrons. The lowest BCUT2D eigenvalue weighted by molar-refractivity contribution is 0.707. The van der Waals surface area contributed by atoms with Gasteiger partial charge in [0.1, 0.15) is 0 Å². The molecule has 0 amide bonds. The van der Waals surface area contributed by atoms with E-state index in [9.17, 15) is 0 Å². The van der Waals surface area contributed by atoms with Crippen molar-refractivity contribution in [3.8, 4) is 0 Å². The summed E-state index contributed by atoms with van der Waals surface area (Å²) in [5, 5.41) is 0. The van der Waals surface area contributed by atoms with E-state index in [0.717, 1.165) is 5.52 Å². The number of hydrogen-bond donors (Lipinski definition) is 0. The molecule has 0 aliphatic rings. The number of aromatic nitrogens is 1. The molecule has 1 nitrogen and oxygen atoms in total. The zero-order valence-corrected chi connectivity index (χ0v) is 12.5. The van der Waals surface area contributed by atoms with Gasteiger partial charge in [-0.3, -0.25) is 0 Å². The normalized spacial score (nSPS) is 11.1. The largest absolute Gasteiger partial charge is 0.229 e. The lowest BCUT2D eigenvalue weighted by atomic mass is 10.2. The van der Waals surface area contributed by atoms with Crippen LogP contribution in [0.4, 0.5) is 0 Å². The van der Waals surface area contributed by atoms with Crippen LogP contribution in [0.5, 0.6) is 0 Å². The number of para-hydroxylation sites is 1. The lowest BCUT2D eigenvalue weighted by Gasteiger charge is -1.97. The fourth-order valence-corrected chi connectivity index (χ4v) is 5.07. The summed E-state index contributed by atoms with van der Waals surface area (Å²) >= 11 is 1.80. The summed E-state index contributed by atoms with van der Waals surface area (Å²) in [5.74, 6) is 1.24. The second-order valence-electron chi connectivity index (χ2n) is 3.91. The molecule has 17 heavy (non-hydrogen) atoms. The fourth-order valence-electron chi connectivity index (χ4n) is 1.57. The van der Waals surface area contributed by atoms with E-state index in [2.05, 4.69) is 30.1 Å². The molecule has 0 bridgehead atoms. The maximum atomic E-state index is 4.61. The average molecular weight is 283 g/mol. The highest BCUT2D eigenvalue weighted by Gasteiger charge is 2.03. The summed E-state index contributed by atoms with van der Waals surface area (Å²) in [6, 6.07) is 8.35. The Morgan fingerprint density at radius 3 is 2.88 bits per heavy atom. The summed E-state index contributed by atoms with van der Waals surface area (Å²) in [6.07, 6.45) is 5.38. The first-order valence-electron chi connectivity index (χ1n) is 6.05. The maximum absolute atomic E-state index is 4.61. The molecule has 0 spiro atoms. The molecular formula is C13H17NS3. The molecule has 0 fully saturated rings. The Morgan fingerprint density at radius 2 is 2.06 bits per heavy atom. The highest BCUT2D eigenvalue weighted by Crippen LogP contribution is 2.36. The summed E-state index contributed by atoms with van der Waals surface area (Å²) in [4.78, 5) is 4.61. The summed E-state index contributed by atoms with van der Waals surface area (Å²) < 4.78 is 2.48. The van der Waals surface area contributed by atoms with Crippen molar-refractivity contribution in [3.05, 3.63) is 24.3 Å². The van der Waals surface area contributed by atoms with Gasteiger partial charge in [-0.2, -0.15) is 0 Å². The van der Waals surface area contributed by atoms with Crippen LogP contribution in [0.15, 0.2) is 28.6 Å². The molecule has 0 atom stereocenters. The van der Waals surface area contributed by atoms with Crippen LogP contribution in [0.1, 0.15) is 32.6 Å². The van der Waals surface area contributed by atoms with Gasteiger partial charge < -0.3 is 0 Å². The smallest absolute Gasteiger partial charge is 0.161 e. The molecule has 0 aliphatic carbocycles. The first-order chi connectivity index (χ1) is 8.40. The zero-order chi connectivity index (χ0) is 11.9. The predicted molar refractivity (Wildman–Crippen MR) is 82.1 cm³/mol. The Bertz CT molecular complexity index is 420. The van der Waals surface area contributed by atoms with Crippen molar-refractivity contribution in [1.29, 1.82) is 0 Å². The van der Waals surface area contributed by atoms with E-state index in [4.69, 9.17) is 0 Å². The van der Waals surface area contributed by atoms with E-state index < -0.39 is 0 Å². The van der Waals surface area contributed by atoms with Crippen molar-refractivity contribution < 1.29 is 0 Å². The first kappa shape index (κ1) is 13.2. The molecule has 2 rings (SSSR count). The molecule has 0 N–H and O–H groups in total. The zero-order valence-electron chi connectivity index (χ0n) is 10.0. The van der Waals surface area contributed by atoms with Gasteiger partial charge in [0.05, 0.1) is 10.2 Å². The van der Waals surface area contributed by atoms with Gasteiger partial charge in [0.2, 0.25) is 0 Å². The van der Waals surface area contributed by atoms with Gasteiger partial charge in [0.25, 0.3) is 0 Å². The lowest BCUT2D eigenvalue weighted by Crippen LogP contribution is -1.77. The fraction of sp³-hybridized carbons (Fsp3) is 0.462. The van der Waals surface area contributed by atoms with Gasteiger partial charge >= 0.3 is 0 Å². The second-order valence-corrected chi connectivity index (χ2v) is 7.61. The second kappa shape index (κ2) is 7.29.